The number of nitrogens with zero attached hydrogens (tertiary/aromatic N) is 1. The van der Waals surface area contributed by atoms with Crippen LogP contribution in [0.15, 0.2) is 42.6 Å². The van der Waals surface area contributed by atoms with E-state index < -0.39 is 12.0 Å². The fourth-order valence-electron chi connectivity index (χ4n) is 1.53. The van der Waals surface area contributed by atoms with E-state index in [1.807, 2.05) is 12.1 Å². The molecule has 102 valence electrons. The Kier molecular flexibility index (Phi) is 4.51. The van der Waals surface area contributed by atoms with Crippen molar-refractivity contribution in [3.63, 3.8) is 0 Å². The summed E-state index contributed by atoms with van der Waals surface area (Å²) >= 11 is 2.13. The molecule has 7 heteroatoms. The Balaban J connectivity index is 2.11. The second-order valence-electron chi connectivity index (χ2n) is 3.79. The van der Waals surface area contributed by atoms with Crippen molar-refractivity contribution in [2.75, 3.05) is 10.6 Å². The van der Waals surface area contributed by atoms with E-state index in [2.05, 4.69) is 38.2 Å². The van der Waals surface area contributed by atoms with Gasteiger partial charge in [0.1, 0.15) is 0 Å². The van der Waals surface area contributed by atoms with Crippen molar-refractivity contribution >= 4 is 46.0 Å². The quantitative estimate of drug-likeness (QED) is 0.711. The second kappa shape index (κ2) is 6.33. The first-order valence-electron chi connectivity index (χ1n) is 5.58. The normalized spacial score (nSPS) is 9.85. The van der Waals surface area contributed by atoms with Crippen LogP contribution in [-0.4, -0.2) is 22.1 Å². The third-order valence-electron chi connectivity index (χ3n) is 2.34. The number of urea groups is 1. The number of aromatic carboxylic acids is 1. The summed E-state index contributed by atoms with van der Waals surface area (Å²) in [5, 5.41) is 14.1. The lowest BCUT2D eigenvalue weighted by molar-refractivity contribution is 0.0692. The Hall–Kier alpha value is -2.16. The first-order valence-corrected chi connectivity index (χ1v) is 6.66. The van der Waals surface area contributed by atoms with E-state index in [0.717, 1.165) is 3.57 Å². The van der Waals surface area contributed by atoms with Crippen molar-refractivity contribution in [2.24, 2.45) is 0 Å². The number of amides is 2. The Morgan fingerprint density at radius 2 is 1.95 bits per heavy atom. The Bertz CT molecular complexity index is 661. The van der Waals surface area contributed by atoms with Crippen LogP contribution in [0, 0.1) is 3.57 Å². The number of aromatic nitrogens is 1. The van der Waals surface area contributed by atoms with Crippen LogP contribution in [0.25, 0.3) is 0 Å². The van der Waals surface area contributed by atoms with Crippen molar-refractivity contribution in [1.29, 1.82) is 0 Å². The Morgan fingerprint density at radius 1 is 1.15 bits per heavy atom. The van der Waals surface area contributed by atoms with Gasteiger partial charge in [-0.1, -0.05) is 6.07 Å². The zero-order chi connectivity index (χ0) is 14.5. The zero-order valence-corrected chi connectivity index (χ0v) is 12.3. The molecule has 0 saturated heterocycles. The first kappa shape index (κ1) is 14.3. The highest BCUT2D eigenvalue weighted by Crippen LogP contribution is 2.15. The molecule has 0 unspecified atom stereocenters. The average molecular weight is 383 g/mol. The lowest BCUT2D eigenvalue weighted by atomic mass is 10.3. The summed E-state index contributed by atoms with van der Waals surface area (Å²) < 4.78 is 0.980. The molecular formula is C13H10IN3O3. The summed E-state index contributed by atoms with van der Waals surface area (Å²) in [6, 6.07) is 9.74. The van der Waals surface area contributed by atoms with Crippen LogP contribution in [0.2, 0.25) is 0 Å². The van der Waals surface area contributed by atoms with Crippen molar-refractivity contribution in [3.8, 4) is 0 Å². The first-order chi connectivity index (χ1) is 9.56. The van der Waals surface area contributed by atoms with Gasteiger partial charge in [0.2, 0.25) is 0 Å². The molecule has 0 aliphatic rings. The van der Waals surface area contributed by atoms with Crippen molar-refractivity contribution < 1.29 is 14.7 Å². The Labute approximate surface area is 128 Å². The smallest absolute Gasteiger partial charge is 0.356 e. The number of halogens is 1. The molecule has 0 aliphatic carbocycles. The number of carboxylic acids is 1. The summed E-state index contributed by atoms with van der Waals surface area (Å²) in [5.74, 6) is -1.20. The van der Waals surface area contributed by atoms with Crippen LogP contribution in [0.3, 0.4) is 0 Å². The lowest BCUT2D eigenvalue weighted by Gasteiger charge is -2.09. The van der Waals surface area contributed by atoms with Crippen LogP contribution >= 0.6 is 22.6 Å². The number of pyridine rings is 1. The second-order valence-corrected chi connectivity index (χ2v) is 5.04. The number of hydrogen-bond donors (Lipinski definition) is 3. The number of hydrogen-bond acceptors (Lipinski definition) is 3. The molecule has 20 heavy (non-hydrogen) atoms. The van der Waals surface area contributed by atoms with Crippen molar-refractivity contribution in [2.45, 2.75) is 0 Å². The van der Waals surface area contributed by atoms with Crippen LogP contribution < -0.4 is 10.6 Å². The van der Waals surface area contributed by atoms with E-state index in [4.69, 9.17) is 5.11 Å². The van der Waals surface area contributed by atoms with E-state index in [-0.39, 0.29) is 11.4 Å². The van der Waals surface area contributed by atoms with Gasteiger partial charge in [0.25, 0.3) is 0 Å². The predicted octanol–water partition coefficient (Wildman–Crippen LogP) is 3.03. The van der Waals surface area contributed by atoms with Gasteiger partial charge in [0.15, 0.2) is 5.69 Å². The van der Waals surface area contributed by atoms with E-state index in [0.29, 0.717) is 5.69 Å². The molecule has 0 bridgehead atoms. The topological polar surface area (TPSA) is 91.3 Å². The van der Waals surface area contributed by atoms with Gasteiger partial charge in [-0.05, 0) is 52.9 Å². The summed E-state index contributed by atoms with van der Waals surface area (Å²) in [5.41, 5.74) is 0.559. The summed E-state index contributed by atoms with van der Waals surface area (Å²) in [6.07, 6.45) is 1.35. The molecule has 1 heterocycles. The average Bonchev–Trinajstić information content (AvgIpc) is 2.38. The van der Waals surface area contributed by atoms with E-state index in [9.17, 15) is 9.59 Å². The molecule has 0 aliphatic heterocycles. The maximum atomic E-state index is 11.8. The standard InChI is InChI=1S/C13H10IN3O3/c14-8-3-1-4-9(7-8)16-13(20)17-10-5-2-6-15-11(10)12(18)19/h1-7H,(H,18,19)(H2,16,17,20). The molecule has 2 amide bonds. The summed E-state index contributed by atoms with van der Waals surface area (Å²) in [4.78, 5) is 26.5. The number of benzene rings is 1. The number of carbonyl (C=O) groups is 2. The Morgan fingerprint density at radius 3 is 2.65 bits per heavy atom. The van der Waals surface area contributed by atoms with Crippen molar-refractivity contribution in [3.05, 3.63) is 51.9 Å². The third kappa shape index (κ3) is 3.67. The van der Waals surface area contributed by atoms with Gasteiger partial charge in [-0.3, -0.25) is 0 Å². The molecule has 1 aromatic carbocycles. The van der Waals surface area contributed by atoms with E-state index in [1.165, 1.54) is 12.3 Å². The zero-order valence-electron chi connectivity index (χ0n) is 10.1. The SMILES string of the molecule is O=C(Nc1cccc(I)c1)Nc1cccnc1C(=O)O. The molecule has 0 fully saturated rings. The van der Waals surface area contributed by atoms with Crippen LogP contribution in [0.5, 0.6) is 0 Å². The van der Waals surface area contributed by atoms with Gasteiger partial charge in [-0.25, -0.2) is 14.6 Å². The van der Waals surface area contributed by atoms with Crippen LogP contribution in [0.1, 0.15) is 10.5 Å². The predicted molar refractivity (Wildman–Crippen MR) is 83.0 cm³/mol. The van der Waals surface area contributed by atoms with Gasteiger partial charge in [0, 0.05) is 15.5 Å². The summed E-state index contributed by atoms with van der Waals surface area (Å²) in [6.45, 7) is 0. The van der Waals surface area contributed by atoms with E-state index >= 15 is 0 Å². The molecular weight excluding hydrogens is 373 g/mol. The highest BCUT2D eigenvalue weighted by molar-refractivity contribution is 14.1. The van der Waals surface area contributed by atoms with Gasteiger partial charge >= 0.3 is 12.0 Å². The highest BCUT2D eigenvalue weighted by atomic mass is 127. The van der Waals surface area contributed by atoms with Gasteiger partial charge in [-0.2, -0.15) is 0 Å². The number of carbonyl (C=O) groups excluding carboxylic acids is 1. The molecule has 0 saturated carbocycles. The van der Waals surface area contributed by atoms with Gasteiger partial charge in [0.05, 0.1) is 5.69 Å². The third-order valence-corrected chi connectivity index (χ3v) is 3.01. The fourth-order valence-corrected chi connectivity index (χ4v) is 2.07. The molecule has 0 spiro atoms. The highest BCUT2D eigenvalue weighted by Gasteiger charge is 2.13. The molecule has 2 aromatic rings. The van der Waals surface area contributed by atoms with Crippen molar-refractivity contribution in [1.82, 2.24) is 4.98 Å². The largest absolute Gasteiger partial charge is 0.476 e. The number of anilines is 2. The van der Waals surface area contributed by atoms with Crippen LogP contribution in [0.4, 0.5) is 16.2 Å². The lowest BCUT2D eigenvalue weighted by Crippen LogP contribution is -2.21. The fraction of sp³-hybridized carbons (Fsp3) is 0. The molecule has 1 aromatic heterocycles. The molecule has 6 nitrogen and oxygen atoms in total. The molecule has 3 N–H and O–H groups in total. The molecule has 2 rings (SSSR count). The minimum Gasteiger partial charge on any atom is -0.476 e. The summed E-state index contributed by atoms with van der Waals surface area (Å²) in [7, 11) is 0. The molecule has 0 atom stereocenters. The number of rotatable bonds is 3. The maximum absolute atomic E-state index is 11.8. The minimum atomic E-state index is -1.20. The van der Waals surface area contributed by atoms with Crippen LogP contribution in [-0.2, 0) is 0 Å². The maximum Gasteiger partial charge on any atom is 0.356 e. The van der Waals surface area contributed by atoms with Gasteiger partial charge in [-0.15, -0.1) is 0 Å². The van der Waals surface area contributed by atoms with Gasteiger partial charge < -0.3 is 15.7 Å². The monoisotopic (exact) mass is 383 g/mol. The van der Waals surface area contributed by atoms with E-state index in [1.54, 1.807) is 18.2 Å². The minimum absolute atomic E-state index is 0.142. The number of nitrogens with one attached hydrogen (secondary N) is 2. The number of carboxylic acid groups (broad SMARTS) is 1. The molecule has 0 radical (unpaired) electrons.